The lowest BCUT2D eigenvalue weighted by Crippen LogP contribution is -2.04. The molecule has 2 N–H and O–H groups in total. The molecule has 1 aromatic carbocycles. The number of rotatable bonds is 4. The molecule has 3 heteroatoms. The Hall–Kier alpha value is -0.990. The Bertz CT molecular complexity index is 236. The molecular weight excluding hydrogens is 186 g/mol. The summed E-state index contributed by atoms with van der Waals surface area (Å²) in [5, 5.41) is 0. The van der Waals surface area contributed by atoms with Crippen LogP contribution in [0.2, 0.25) is 0 Å². The second kappa shape index (κ2) is 7.65. The van der Waals surface area contributed by atoms with Gasteiger partial charge in [-0.3, -0.25) is 0 Å². The SMILES string of the molecule is Cl.NCCO/C=C/c1ccccc1. The molecule has 0 aromatic heterocycles. The molecule has 13 heavy (non-hydrogen) atoms. The molecule has 0 amide bonds. The predicted octanol–water partition coefficient (Wildman–Crippen LogP) is 2.05. The van der Waals surface area contributed by atoms with Crippen molar-refractivity contribution in [1.29, 1.82) is 0 Å². The summed E-state index contributed by atoms with van der Waals surface area (Å²) in [6.07, 6.45) is 3.58. The zero-order valence-corrected chi connectivity index (χ0v) is 8.17. The molecule has 0 unspecified atom stereocenters. The molecule has 0 saturated heterocycles. The third-order valence-corrected chi connectivity index (χ3v) is 1.39. The fourth-order valence-corrected chi connectivity index (χ4v) is 0.827. The van der Waals surface area contributed by atoms with E-state index in [1.54, 1.807) is 6.26 Å². The summed E-state index contributed by atoms with van der Waals surface area (Å²) in [6.45, 7) is 1.13. The lowest BCUT2D eigenvalue weighted by atomic mass is 10.2. The van der Waals surface area contributed by atoms with Gasteiger partial charge in [0.25, 0.3) is 0 Å². The molecule has 0 fully saturated rings. The fourth-order valence-electron chi connectivity index (χ4n) is 0.827. The normalized spacial score (nSPS) is 9.62. The molecule has 2 nitrogen and oxygen atoms in total. The van der Waals surface area contributed by atoms with Crippen molar-refractivity contribution in [2.45, 2.75) is 0 Å². The molecule has 0 radical (unpaired) electrons. The first kappa shape index (κ1) is 12.0. The third-order valence-electron chi connectivity index (χ3n) is 1.39. The van der Waals surface area contributed by atoms with Gasteiger partial charge in [0.05, 0.1) is 12.9 Å². The van der Waals surface area contributed by atoms with E-state index in [0.717, 1.165) is 5.56 Å². The first-order chi connectivity index (χ1) is 5.93. The molecule has 0 bridgehead atoms. The van der Waals surface area contributed by atoms with Crippen molar-refractivity contribution in [2.24, 2.45) is 5.73 Å². The summed E-state index contributed by atoms with van der Waals surface area (Å²) >= 11 is 0. The molecule has 0 aliphatic heterocycles. The molecule has 72 valence electrons. The van der Waals surface area contributed by atoms with Gasteiger partial charge in [-0.1, -0.05) is 30.3 Å². The van der Waals surface area contributed by atoms with E-state index in [1.165, 1.54) is 0 Å². The van der Waals surface area contributed by atoms with Crippen molar-refractivity contribution in [2.75, 3.05) is 13.2 Å². The van der Waals surface area contributed by atoms with Gasteiger partial charge in [-0.25, -0.2) is 0 Å². The number of hydrogen-bond donors (Lipinski definition) is 1. The Morgan fingerprint density at radius 3 is 2.54 bits per heavy atom. The topological polar surface area (TPSA) is 35.2 Å². The van der Waals surface area contributed by atoms with Crippen LogP contribution in [0.25, 0.3) is 6.08 Å². The van der Waals surface area contributed by atoms with Gasteiger partial charge in [-0.05, 0) is 11.6 Å². The fraction of sp³-hybridized carbons (Fsp3) is 0.200. The Kier molecular flexibility index (Phi) is 7.07. The second-order valence-corrected chi connectivity index (χ2v) is 2.37. The van der Waals surface area contributed by atoms with Crippen LogP contribution >= 0.6 is 12.4 Å². The van der Waals surface area contributed by atoms with E-state index in [2.05, 4.69) is 0 Å². The highest BCUT2D eigenvalue weighted by molar-refractivity contribution is 5.85. The Labute approximate surface area is 84.8 Å². The minimum Gasteiger partial charge on any atom is -0.500 e. The first-order valence-corrected chi connectivity index (χ1v) is 3.97. The van der Waals surface area contributed by atoms with Gasteiger partial charge in [0.2, 0.25) is 0 Å². The van der Waals surface area contributed by atoms with Crippen molar-refractivity contribution in [1.82, 2.24) is 0 Å². The molecule has 0 saturated carbocycles. The maximum atomic E-state index is 5.25. The van der Waals surface area contributed by atoms with E-state index in [0.29, 0.717) is 13.2 Å². The van der Waals surface area contributed by atoms with Crippen LogP contribution in [0, 0.1) is 0 Å². The quantitative estimate of drug-likeness (QED) is 0.595. The monoisotopic (exact) mass is 199 g/mol. The van der Waals surface area contributed by atoms with Gasteiger partial charge in [0.1, 0.15) is 0 Å². The third kappa shape index (κ3) is 5.28. The van der Waals surface area contributed by atoms with Crippen LogP contribution < -0.4 is 5.73 Å². The lowest BCUT2D eigenvalue weighted by molar-refractivity contribution is 0.262. The molecule has 1 rings (SSSR count). The van der Waals surface area contributed by atoms with E-state index < -0.39 is 0 Å². The maximum Gasteiger partial charge on any atom is 0.0995 e. The van der Waals surface area contributed by atoms with Crippen molar-refractivity contribution < 1.29 is 4.74 Å². The van der Waals surface area contributed by atoms with Crippen molar-refractivity contribution in [3.63, 3.8) is 0 Å². The van der Waals surface area contributed by atoms with Crippen LogP contribution in [0.3, 0.4) is 0 Å². The first-order valence-electron chi connectivity index (χ1n) is 3.97. The van der Waals surface area contributed by atoms with Crippen LogP contribution in [0.15, 0.2) is 36.6 Å². The molecule has 0 atom stereocenters. The molecule has 0 spiro atoms. The zero-order chi connectivity index (χ0) is 8.65. The molecule has 0 heterocycles. The number of hydrogen-bond acceptors (Lipinski definition) is 2. The summed E-state index contributed by atoms with van der Waals surface area (Å²) in [5.41, 5.74) is 6.38. The van der Waals surface area contributed by atoms with E-state index in [9.17, 15) is 0 Å². The van der Waals surface area contributed by atoms with Crippen molar-refractivity contribution in [3.05, 3.63) is 42.2 Å². The van der Waals surface area contributed by atoms with E-state index in [-0.39, 0.29) is 12.4 Å². The summed E-state index contributed by atoms with van der Waals surface area (Å²) in [5.74, 6) is 0. The smallest absolute Gasteiger partial charge is 0.0995 e. The minimum absolute atomic E-state index is 0. The molecule has 1 aromatic rings. The standard InChI is InChI=1S/C10H13NO.ClH/c11-7-9-12-8-6-10-4-2-1-3-5-10;/h1-6,8H,7,9,11H2;1H/b8-6+;. The molecule has 0 aliphatic carbocycles. The van der Waals surface area contributed by atoms with Crippen LogP contribution in [-0.2, 0) is 4.74 Å². The van der Waals surface area contributed by atoms with Crippen LogP contribution in [-0.4, -0.2) is 13.2 Å². The van der Waals surface area contributed by atoms with Crippen LogP contribution in [0.4, 0.5) is 0 Å². The van der Waals surface area contributed by atoms with Crippen molar-refractivity contribution in [3.8, 4) is 0 Å². The maximum absolute atomic E-state index is 5.25. The van der Waals surface area contributed by atoms with Crippen LogP contribution in [0.5, 0.6) is 0 Å². The average molecular weight is 200 g/mol. The number of ether oxygens (including phenoxy) is 1. The summed E-state index contributed by atoms with van der Waals surface area (Å²) in [6, 6.07) is 9.99. The zero-order valence-electron chi connectivity index (χ0n) is 7.35. The van der Waals surface area contributed by atoms with Gasteiger partial charge < -0.3 is 10.5 Å². The summed E-state index contributed by atoms with van der Waals surface area (Å²) in [7, 11) is 0. The van der Waals surface area contributed by atoms with Gasteiger partial charge in [0.15, 0.2) is 0 Å². The largest absolute Gasteiger partial charge is 0.500 e. The number of nitrogens with two attached hydrogens (primary N) is 1. The highest BCUT2D eigenvalue weighted by Crippen LogP contribution is 2.00. The van der Waals surface area contributed by atoms with E-state index in [4.69, 9.17) is 10.5 Å². The van der Waals surface area contributed by atoms with Crippen molar-refractivity contribution >= 4 is 18.5 Å². The summed E-state index contributed by atoms with van der Waals surface area (Å²) < 4.78 is 5.08. The second-order valence-electron chi connectivity index (χ2n) is 2.37. The van der Waals surface area contributed by atoms with Gasteiger partial charge in [-0.15, -0.1) is 12.4 Å². The van der Waals surface area contributed by atoms with Gasteiger partial charge in [-0.2, -0.15) is 0 Å². The molecule has 0 aliphatic rings. The lowest BCUT2D eigenvalue weighted by Gasteiger charge is -1.95. The minimum atomic E-state index is 0. The van der Waals surface area contributed by atoms with Gasteiger partial charge >= 0.3 is 0 Å². The Morgan fingerprint density at radius 2 is 1.92 bits per heavy atom. The summed E-state index contributed by atoms with van der Waals surface area (Å²) in [4.78, 5) is 0. The van der Waals surface area contributed by atoms with E-state index >= 15 is 0 Å². The molecular formula is C10H14ClNO. The number of halogens is 1. The highest BCUT2D eigenvalue weighted by Gasteiger charge is 1.81. The predicted molar refractivity (Wildman–Crippen MR) is 57.7 cm³/mol. The van der Waals surface area contributed by atoms with Crippen LogP contribution in [0.1, 0.15) is 5.56 Å². The Balaban J connectivity index is 0.00000144. The van der Waals surface area contributed by atoms with Gasteiger partial charge in [0, 0.05) is 6.54 Å². The average Bonchev–Trinajstić information content (AvgIpc) is 2.14. The highest BCUT2D eigenvalue weighted by atomic mass is 35.5. The Morgan fingerprint density at radius 1 is 1.23 bits per heavy atom. The van der Waals surface area contributed by atoms with E-state index in [1.807, 2.05) is 36.4 Å². The number of benzene rings is 1.